The zero-order valence-electron chi connectivity index (χ0n) is 18.3. The quantitative estimate of drug-likeness (QED) is 0.351. The zero-order valence-corrected chi connectivity index (χ0v) is 21.4. The summed E-state index contributed by atoms with van der Waals surface area (Å²) in [6, 6.07) is 25.8. The summed E-state index contributed by atoms with van der Waals surface area (Å²) in [4.78, 5) is 2.53. The van der Waals surface area contributed by atoms with Crippen LogP contribution in [0.2, 0.25) is 0 Å². The average Bonchev–Trinajstić information content (AvgIpc) is 3.29. The van der Waals surface area contributed by atoms with Crippen molar-refractivity contribution in [3.63, 3.8) is 0 Å². The Bertz CT molecular complexity index is 1190. The van der Waals surface area contributed by atoms with Crippen molar-refractivity contribution in [2.24, 2.45) is 5.10 Å². The van der Waals surface area contributed by atoms with Crippen molar-refractivity contribution >= 4 is 37.6 Å². The lowest BCUT2D eigenvalue weighted by Crippen LogP contribution is -2.59. The van der Waals surface area contributed by atoms with Gasteiger partial charge >= 0.3 is 0 Å². The number of nitrogens with zero attached hydrogens (tertiary/aromatic N) is 3. The molecule has 3 aliphatic rings. The van der Waals surface area contributed by atoms with Gasteiger partial charge in [0.2, 0.25) is 5.72 Å². The van der Waals surface area contributed by atoms with Crippen molar-refractivity contribution in [3.8, 4) is 5.75 Å². The van der Waals surface area contributed by atoms with Crippen LogP contribution < -0.4 is 4.74 Å². The van der Waals surface area contributed by atoms with Crippen LogP contribution in [0.1, 0.15) is 42.0 Å². The minimum atomic E-state index is -0.393. The molecule has 0 aliphatic carbocycles. The first kappa shape index (κ1) is 21.4. The molecule has 0 radical (unpaired) electrons. The van der Waals surface area contributed by atoms with Crippen LogP contribution in [-0.2, 0) is 6.54 Å². The van der Waals surface area contributed by atoms with Crippen molar-refractivity contribution < 1.29 is 4.74 Å². The van der Waals surface area contributed by atoms with E-state index >= 15 is 0 Å². The first-order valence-electron chi connectivity index (χ1n) is 11.5. The summed E-state index contributed by atoms with van der Waals surface area (Å²) in [7, 11) is 0. The third kappa shape index (κ3) is 4.02. The zero-order chi connectivity index (χ0) is 22.4. The molecule has 1 saturated heterocycles. The van der Waals surface area contributed by atoms with E-state index in [1.54, 1.807) is 0 Å². The van der Waals surface area contributed by atoms with E-state index in [0.717, 1.165) is 59.3 Å². The smallest absolute Gasteiger partial charge is 0.200 e. The summed E-state index contributed by atoms with van der Waals surface area (Å²) in [5.41, 5.74) is 4.51. The molecule has 0 N–H and O–H groups in total. The molecule has 33 heavy (non-hydrogen) atoms. The SMILES string of the molecule is Brc1ccc(C2=NN3[C@H](C2)c2cc(Br)ccc2OC32CCN(Cc3ccccc3)CC2)cc1. The Balaban J connectivity index is 1.31. The van der Waals surface area contributed by atoms with Crippen molar-refractivity contribution in [1.82, 2.24) is 9.91 Å². The monoisotopic (exact) mass is 565 g/mol. The van der Waals surface area contributed by atoms with Gasteiger partial charge < -0.3 is 4.74 Å². The molecule has 0 amide bonds. The molecule has 6 rings (SSSR count). The molecular weight excluding hydrogens is 542 g/mol. The van der Waals surface area contributed by atoms with Gasteiger partial charge in [0.1, 0.15) is 5.75 Å². The standard InChI is InChI=1S/C27H25Br2N3O/c28-21-8-6-20(7-9-21)24-17-25-23-16-22(29)10-11-26(23)33-27(32(25)30-24)12-14-31(15-13-27)18-19-4-2-1-3-5-19/h1-11,16,25H,12-15,17-18H2/t25-/m1/s1. The molecule has 3 heterocycles. The second kappa shape index (κ2) is 8.57. The topological polar surface area (TPSA) is 28.1 Å². The van der Waals surface area contributed by atoms with Gasteiger partial charge in [0.05, 0.1) is 11.8 Å². The van der Waals surface area contributed by atoms with Crippen LogP contribution in [0.4, 0.5) is 0 Å². The highest BCUT2D eigenvalue weighted by Gasteiger charge is 2.51. The maximum atomic E-state index is 6.80. The number of hydrogen-bond donors (Lipinski definition) is 0. The van der Waals surface area contributed by atoms with Gasteiger partial charge in [-0.25, -0.2) is 5.01 Å². The van der Waals surface area contributed by atoms with Gasteiger partial charge in [0.15, 0.2) is 0 Å². The number of rotatable bonds is 3. The van der Waals surface area contributed by atoms with Gasteiger partial charge in [-0.2, -0.15) is 5.10 Å². The first-order valence-corrected chi connectivity index (χ1v) is 13.1. The van der Waals surface area contributed by atoms with E-state index in [9.17, 15) is 0 Å². The lowest BCUT2D eigenvalue weighted by Gasteiger charge is -2.51. The van der Waals surface area contributed by atoms with Gasteiger partial charge in [0.25, 0.3) is 0 Å². The third-order valence-corrected chi connectivity index (χ3v) is 8.04. The van der Waals surface area contributed by atoms with E-state index in [-0.39, 0.29) is 6.04 Å². The molecule has 3 aromatic carbocycles. The van der Waals surface area contributed by atoms with E-state index in [1.165, 1.54) is 16.7 Å². The summed E-state index contributed by atoms with van der Waals surface area (Å²) < 4.78 is 8.96. The third-order valence-electron chi connectivity index (χ3n) is 7.02. The van der Waals surface area contributed by atoms with Crippen LogP contribution in [0.25, 0.3) is 0 Å². The molecule has 3 aliphatic heterocycles. The van der Waals surface area contributed by atoms with E-state index in [4.69, 9.17) is 9.84 Å². The number of fused-ring (bicyclic) bond motifs is 4. The van der Waals surface area contributed by atoms with Crippen LogP contribution in [0.15, 0.2) is 86.8 Å². The predicted molar refractivity (Wildman–Crippen MR) is 138 cm³/mol. The number of likely N-dealkylation sites (tertiary alicyclic amines) is 1. The number of hydrazone groups is 1. The molecule has 1 atom stereocenters. The van der Waals surface area contributed by atoms with Crippen LogP contribution in [-0.4, -0.2) is 34.4 Å². The molecule has 0 aromatic heterocycles. The largest absolute Gasteiger partial charge is 0.466 e. The van der Waals surface area contributed by atoms with Crippen molar-refractivity contribution in [2.75, 3.05) is 13.1 Å². The Morgan fingerprint density at radius 3 is 2.39 bits per heavy atom. The van der Waals surface area contributed by atoms with E-state index in [0.29, 0.717) is 0 Å². The number of benzene rings is 3. The van der Waals surface area contributed by atoms with Gasteiger partial charge in [0, 0.05) is 53.4 Å². The van der Waals surface area contributed by atoms with Gasteiger partial charge in [-0.05, 0) is 41.5 Å². The highest BCUT2D eigenvalue weighted by Crippen LogP contribution is 2.50. The number of halogens is 2. The maximum absolute atomic E-state index is 6.80. The van der Waals surface area contributed by atoms with E-state index in [1.807, 2.05) is 0 Å². The molecule has 4 nitrogen and oxygen atoms in total. The Hall–Kier alpha value is -2.15. The van der Waals surface area contributed by atoms with Crippen LogP contribution in [0, 0.1) is 0 Å². The second-order valence-corrected chi connectivity index (χ2v) is 10.9. The summed E-state index contributed by atoms with van der Waals surface area (Å²) in [6.07, 6.45) is 2.76. The summed E-state index contributed by atoms with van der Waals surface area (Å²) in [6.45, 7) is 2.97. The fourth-order valence-electron chi connectivity index (χ4n) is 5.30. The normalized spacial score (nSPS) is 21.3. The Morgan fingerprint density at radius 2 is 1.64 bits per heavy atom. The number of ether oxygens (including phenoxy) is 1. The Kier molecular flexibility index (Phi) is 5.55. The van der Waals surface area contributed by atoms with Crippen molar-refractivity contribution in [3.05, 3.63) is 98.4 Å². The van der Waals surface area contributed by atoms with Crippen molar-refractivity contribution in [2.45, 2.75) is 37.6 Å². The number of piperidine rings is 1. The lowest BCUT2D eigenvalue weighted by molar-refractivity contribution is -0.150. The number of hydrogen-bond acceptors (Lipinski definition) is 4. The summed E-state index contributed by atoms with van der Waals surface area (Å²) >= 11 is 7.21. The molecular formula is C27H25Br2N3O. The summed E-state index contributed by atoms with van der Waals surface area (Å²) in [5.74, 6) is 1.00. The predicted octanol–water partition coefficient (Wildman–Crippen LogP) is 6.75. The van der Waals surface area contributed by atoms with Crippen LogP contribution in [0.5, 0.6) is 5.75 Å². The maximum Gasteiger partial charge on any atom is 0.200 e. The molecule has 0 unspecified atom stereocenters. The fourth-order valence-corrected chi connectivity index (χ4v) is 5.95. The molecule has 168 valence electrons. The summed E-state index contributed by atoms with van der Waals surface area (Å²) in [5, 5.41) is 7.49. The second-order valence-electron chi connectivity index (χ2n) is 9.11. The Labute approximate surface area is 211 Å². The van der Waals surface area contributed by atoms with Crippen molar-refractivity contribution in [1.29, 1.82) is 0 Å². The highest BCUT2D eigenvalue weighted by atomic mass is 79.9. The van der Waals surface area contributed by atoms with Gasteiger partial charge in [-0.3, -0.25) is 4.90 Å². The van der Waals surface area contributed by atoms with E-state index in [2.05, 4.69) is 115 Å². The lowest BCUT2D eigenvalue weighted by atomic mass is 9.90. The average molecular weight is 567 g/mol. The Morgan fingerprint density at radius 1 is 0.909 bits per heavy atom. The molecule has 1 fully saturated rings. The van der Waals surface area contributed by atoms with Gasteiger partial charge in [-0.15, -0.1) is 0 Å². The minimum Gasteiger partial charge on any atom is -0.466 e. The molecule has 1 spiro atoms. The molecule has 6 heteroatoms. The van der Waals surface area contributed by atoms with E-state index < -0.39 is 5.72 Å². The molecule has 3 aromatic rings. The molecule has 0 saturated carbocycles. The molecule has 0 bridgehead atoms. The highest BCUT2D eigenvalue weighted by molar-refractivity contribution is 9.10. The fraction of sp³-hybridized carbons (Fsp3) is 0.296. The van der Waals surface area contributed by atoms with Crippen LogP contribution >= 0.6 is 31.9 Å². The first-order chi connectivity index (χ1) is 16.1. The van der Waals surface area contributed by atoms with Crippen LogP contribution in [0.3, 0.4) is 0 Å². The minimum absolute atomic E-state index is 0.200. The van der Waals surface area contributed by atoms with Gasteiger partial charge in [-0.1, -0.05) is 74.3 Å².